The van der Waals surface area contributed by atoms with Crippen LogP contribution in [-0.2, 0) is 4.74 Å². The summed E-state index contributed by atoms with van der Waals surface area (Å²) in [6, 6.07) is 2.19. The van der Waals surface area contributed by atoms with Gasteiger partial charge in [-0.05, 0) is 26.0 Å². The van der Waals surface area contributed by atoms with Crippen LogP contribution >= 0.6 is 11.8 Å². The number of nitrogens with one attached hydrogen (secondary N) is 2. The normalized spacial score (nSPS) is 20.7. The number of anilines is 2. The number of hydrogen-bond acceptors (Lipinski definition) is 6. The number of rotatable bonds is 5. The lowest BCUT2D eigenvalue weighted by atomic mass is 10.1. The molecule has 2 unspecified atom stereocenters. The van der Waals surface area contributed by atoms with Crippen molar-refractivity contribution in [2.45, 2.75) is 37.1 Å². The molecule has 1 aliphatic heterocycles. The fourth-order valence-electron chi connectivity index (χ4n) is 2.04. The van der Waals surface area contributed by atoms with Crippen LogP contribution in [-0.4, -0.2) is 42.0 Å². The Morgan fingerprint density at radius 2 is 2.22 bits per heavy atom. The Morgan fingerprint density at radius 3 is 2.83 bits per heavy atom. The first-order valence-corrected chi connectivity index (χ1v) is 7.44. The van der Waals surface area contributed by atoms with Crippen molar-refractivity contribution in [3.63, 3.8) is 0 Å². The van der Waals surface area contributed by atoms with Crippen LogP contribution in [0.15, 0.2) is 11.2 Å². The molecule has 0 spiro atoms. The van der Waals surface area contributed by atoms with Gasteiger partial charge in [0.25, 0.3) is 0 Å². The van der Waals surface area contributed by atoms with Crippen molar-refractivity contribution >= 4 is 23.4 Å². The summed E-state index contributed by atoms with van der Waals surface area (Å²) in [6.45, 7) is 3.01. The van der Waals surface area contributed by atoms with Crippen molar-refractivity contribution in [2.75, 3.05) is 30.5 Å². The van der Waals surface area contributed by atoms with Crippen molar-refractivity contribution in [3.05, 3.63) is 6.07 Å². The predicted molar refractivity (Wildman–Crippen MR) is 75.4 cm³/mol. The molecule has 1 aliphatic rings. The topological polar surface area (TPSA) is 59.1 Å². The van der Waals surface area contributed by atoms with E-state index in [2.05, 4.69) is 27.5 Å². The summed E-state index contributed by atoms with van der Waals surface area (Å²) in [4.78, 5) is 8.80. The third-order valence-electron chi connectivity index (χ3n) is 3.04. The molecule has 2 atom stereocenters. The number of hydrogen-bond donors (Lipinski definition) is 2. The van der Waals surface area contributed by atoms with Crippen LogP contribution in [0.5, 0.6) is 0 Å². The highest BCUT2D eigenvalue weighted by Crippen LogP contribution is 2.21. The van der Waals surface area contributed by atoms with Gasteiger partial charge in [0.2, 0.25) is 0 Å². The van der Waals surface area contributed by atoms with E-state index in [9.17, 15) is 0 Å². The molecule has 1 saturated heterocycles. The maximum atomic E-state index is 5.67. The van der Waals surface area contributed by atoms with Crippen LogP contribution in [0.2, 0.25) is 0 Å². The zero-order chi connectivity index (χ0) is 13.0. The second-order valence-corrected chi connectivity index (χ2v) is 5.13. The predicted octanol–water partition coefficient (Wildman–Crippen LogP) is 2.22. The maximum Gasteiger partial charge on any atom is 0.191 e. The Kier molecular flexibility index (Phi) is 4.66. The largest absolute Gasteiger partial charge is 0.376 e. The van der Waals surface area contributed by atoms with Crippen molar-refractivity contribution in [2.24, 2.45) is 0 Å². The van der Waals surface area contributed by atoms with Crippen LogP contribution in [0.1, 0.15) is 19.8 Å². The number of ether oxygens (including phenoxy) is 1. The van der Waals surface area contributed by atoms with Gasteiger partial charge in [0.15, 0.2) is 5.16 Å². The van der Waals surface area contributed by atoms with E-state index >= 15 is 0 Å². The number of nitrogens with zero attached hydrogens (tertiary/aromatic N) is 2. The van der Waals surface area contributed by atoms with Gasteiger partial charge in [-0.2, -0.15) is 0 Å². The van der Waals surface area contributed by atoms with Gasteiger partial charge in [-0.15, -0.1) is 0 Å². The summed E-state index contributed by atoms with van der Waals surface area (Å²) in [5.74, 6) is 1.68. The van der Waals surface area contributed by atoms with E-state index in [0.717, 1.165) is 36.2 Å². The molecule has 0 amide bonds. The van der Waals surface area contributed by atoms with E-state index in [0.29, 0.717) is 0 Å². The average Bonchev–Trinajstić information content (AvgIpc) is 2.92. The Hall–Kier alpha value is -1.01. The summed E-state index contributed by atoms with van der Waals surface area (Å²) in [5.41, 5.74) is 0. The third kappa shape index (κ3) is 3.26. The summed E-state index contributed by atoms with van der Waals surface area (Å²) >= 11 is 1.54. The molecule has 18 heavy (non-hydrogen) atoms. The molecule has 2 rings (SSSR count). The molecule has 6 heteroatoms. The fourth-order valence-corrected chi connectivity index (χ4v) is 2.42. The minimum Gasteiger partial charge on any atom is -0.376 e. The molecule has 2 heterocycles. The molecule has 1 fully saturated rings. The fraction of sp³-hybridized carbons (Fsp3) is 0.667. The molecule has 1 aromatic heterocycles. The van der Waals surface area contributed by atoms with Gasteiger partial charge in [0.1, 0.15) is 11.6 Å². The first-order valence-electron chi connectivity index (χ1n) is 6.22. The maximum absolute atomic E-state index is 5.67. The van der Waals surface area contributed by atoms with Crippen molar-refractivity contribution in [3.8, 4) is 0 Å². The lowest BCUT2D eigenvalue weighted by molar-refractivity contribution is 0.0995. The molecular formula is C12H20N4OS. The van der Waals surface area contributed by atoms with Crippen molar-refractivity contribution in [1.82, 2.24) is 9.97 Å². The van der Waals surface area contributed by atoms with Gasteiger partial charge < -0.3 is 15.4 Å². The monoisotopic (exact) mass is 268 g/mol. The highest BCUT2D eigenvalue weighted by Gasteiger charge is 2.22. The summed E-state index contributed by atoms with van der Waals surface area (Å²) in [7, 11) is 1.86. The lowest BCUT2D eigenvalue weighted by Crippen LogP contribution is -2.30. The first-order chi connectivity index (χ1) is 8.72. The van der Waals surface area contributed by atoms with Crippen LogP contribution in [0.25, 0.3) is 0 Å². The highest BCUT2D eigenvalue weighted by atomic mass is 32.2. The third-order valence-corrected chi connectivity index (χ3v) is 3.59. The van der Waals surface area contributed by atoms with Gasteiger partial charge in [0, 0.05) is 19.7 Å². The smallest absolute Gasteiger partial charge is 0.191 e. The van der Waals surface area contributed by atoms with Crippen LogP contribution < -0.4 is 10.6 Å². The summed E-state index contributed by atoms with van der Waals surface area (Å²) in [6.07, 6.45) is 4.53. The second kappa shape index (κ2) is 6.24. The Morgan fingerprint density at radius 1 is 1.44 bits per heavy atom. The Labute approximate surface area is 112 Å². The van der Waals surface area contributed by atoms with Crippen LogP contribution in [0, 0.1) is 0 Å². The zero-order valence-corrected chi connectivity index (χ0v) is 11.9. The molecular weight excluding hydrogens is 248 g/mol. The molecule has 0 radical (unpaired) electrons. The molecule has 0 saturated carbocycles. The lowest BCUT2D eigenvalue weighted by Gasteiger charge is -2.21. The molecule has 0 aliphatic carbocycles. The van der Waals surface area contributed by atoms with Gasteiger partial charge in [-0.25, -0.2) is 9.97 Å². The van der Waals surface area contributed by atoms with E-state index in [1.54, 1.807) is 0 Å². The SMILES string of the molecule is CNc1cc(NC(C)C2CCCO2)nc(SC)n1. The number of aromatic nitrogens is 2. The molecule has 0 bridgehead atoms. The van der Waals surface area contributed by atoms with Gasteiger partial charge in [0.05, 0.1) is 12.1 Å². The van der Waals surface area contributed by atoms with Crippen LogP contribution in [0.4, 0.5) is 11.6 Å². The Bertz CT molecular complexity index is 373. The second-order valence-electron chi connectivity index (χ2n) is 4.36. The first kappa shape index (κ1) is 13.4. The Balaban J connectivity index is 2.07. The van der Waals surface area contributed by atoms with Crippen LogP contribution in [0.3, 0.4) is 0 Å². The van der Waals surface area contributed by atoms with E-state index in [1.807, 2.05) is 19.4 Å². The van der Waals surface area contributed by atoms with Crippen molar-refractivity contribution < 1.29 is 4.74 Å². The highest BCUT2D eigenvalue weighted by molar-refractivity contribution is 7.98. The summed E-state index contributed by atoms with van der Waals surface area (Å²) in [5, 5.41) is 7.22. The van der Waals surface area contributed by atoms with E-state index < -0.39 is 0 Å². The number of thioether (sulfide) groups is 1. The van der Waals surface area contributed by atoms with Gasteiger partial charge in [-0.1, -0.05) is 11.8 Å². The van der Waals surface area contributed by atoms with Gasteiger partial charge in [-0.3, -0.25) is 0 Å². The zero-order valence-electron chi connectivity index (χ0n) is 11.1. The van der Waals surface area contributed by atoms with Gasteiger partial charge >= 0.3 is 0 Å². The molecule has 2 N–H and O–H groups in total. The molecule has 0 aromatic carbocycles. The van der Waals surface area contributed by atoms with E-state index in [-0.39, 0.29) is 12.1 Å². The molecule has 1 aromatic rings. The molecule has 100 valence electrons. The molecule has 5 nitrogen and oxygen atoms in total. The average molecular weight is 268 g/mol. The van der Waals surface area contributed by atoms with E-state index in [4.69, 9.17) is 4.74 Å². The quantitative estimate of drug-likeness (QED) is 0.631. The minimum atomic E-state index is 0.266. The summed E-state index contributed by atoms with van der Waals surface area (Å²) < 4.78 is 5.67. The van der Waals surface area contributed by atoms with E-state index in [1.165, 1.54) is 11.8 Å². The standard InChI is InChI=1S/C12H20N4OS/c1-8(9-5-4-6-17-9)14-11-7-10(13-2)15-12(16-11)18-3/h7-9H,4-6H2,1-3H3,(H2,13,14,15,16). The van der Waals surface area contributed by atoms with Crippen molar-refractivity contribution in [1.29, 1.82) is 0 Å². The minimum absolute atomic E-state index is 0.266.